The highest BCUT2D eigenvalue weighted by molar-refractivity contribution is 7.80. The molecule has 0 N–H and O–H groups in total. The number of hydrogen-bond acceptors (Lipinski definition) is 0. The van der Waals surface area contributed by atoms with Gasteiger partial charge in [-0.3, -0.25) is 0 Å². The Kier molecular flexibility index (Phi) is 3.19. The third-order valence-corrected chi connectivity index (χ3v) is 10.4. The second kappa shape index (κ2) is 5.68. The third kappa shape index (κ3) is 2.00. The van der Waals surface area contributed by atoms with Gasteiger partial charge < -0.3 is 0 Å². The van der Waals surface area contributed by atoms with E-state index in [4.69, 9.17) is 0 Å². The Labute approximate surface area is 168 Å². The molecule has 3 aromatic rings. The summed E-state index contributed by atoms with van der Waals surface area (Å²) >= 11 is 0. The Morgan fingerprint density at radius 3 is 1.89 bits per heavy atom. The van der Waals surface area contributed by atoms with Crippen LogP contribution in [0.1, 0.15) is 12.0 Å². The zero-order valence-electron chi connectivity index (χ0n) is 15.8. The van der Waals surface area contributed by atoms with Crippen LogP contribution < -0.4 is 15.9 Å². The van der Waals surface area contributed by atoms with Gasteiger partial charge in [0.25, 0.3) is 0 Å². The van der Waals surface area contributed by atoms with E-state index in [1.54, 1.807) is 16.4 Å². The number of rotatable bonds is 4. The fourth-order valence-corrected chi connectivity index (χ4v) is 9.45. The van der Waals surface area contributed by atoms with Gasteiger partial charge >= 0.3 is 0 Å². The summed E-state index contributed by atoms with van der Waals surface area (Å²) < 4.78 is 0. The Morgan fingerprint density at radius 2 is 1.29 bits per heavy atom. The van der Waals surface area contributed by atoms with Crippen molar-refractivity contribution in [2.75, 3.05) is 0 Å². The molecule has 0 radical (unpaired) electrons. The highest BCUT2D eigenvalue weighted by Crippen LogP contribution is 2.81. The summed E-state index contributed by atoms with van der Waals surface area (Å²) in [5.41, 5.74) is 3.25. The van der Waals surface area contributed by atoms with Crippen molar-refractivity contribution in [2.24, 2.45) is 35.5 Å². The summed E-state index contributed by atoms with van der Waals surface area (Å²) in [6.45, 7) is 0. The summed E-state index contributed by atoms with van der Waals surface area (Å²) in [7, 11) is -0.534. The standard InChI is InChI=1S/C27H23P/c1-3-9-17(10-4-1)28(18-11-5-2-6-12-18)24-14-8-7-13-19(24)20-15-21-22-16-23-26(21)27(23)25(20)22/h1-15,21-23,25-27H,16H2/t21-,22-,23+,25+,26+,27+/m0/s1. The van der Waals surface area contributed by atoms with Gasteiger partial charge in [-0.15, -0.1) is 0 Å². The maximum atomic E-state index is 2.70. The molecule has 0 saturated heterocycles. The maximum Gasteiger partial charge on any atom is -0.00759 e. The topological polar surface area (TPSA) is 0 Å². The third-order valence-electron chi connectivity index (χ3n) is 7.87. The monoisotopic (exact) mass is 378 g/mol. The summed E-state index contributed by atoms with van der Waals surface area (Å²) in [6, 6.07) is 31.6. The normalized spacial score (nSPS) is 33.4. The minimum absolute atomic E-state index is 0.534. The molecule has 5 aliphatic carbocycles. The average Bonchev–Trinajstić information content (AvgIpc) is 3.09. The van der Waals surface area contributed by atoms with E-state index < -0.39 is 7.92 Å². The minimum Gasteiger partial charge on any atom is -0.0767 e. The van der Waals surface area contributed by atoms with Gasteiger partial charge in [0.05, 0.1) is 0 Å². The van der Waals surface area contributed by atoms with Gasteiger partial charge in [-0.05, 0) is 76.9 Å². The highest BCUT2D eigenvalue weighted by Gasteiger charge is 2.75. The molecule has 0 nitrogen and oxygen atoms in total. The molecule has 28 heavy (non-hydrogen) atoms. The molecule has 0 heterocycles. The van der Waals surface area contributed by atoms with Crippen LogP contribution in [0.4, 0.5) is 0 Å². The van der Waals surface area contributed by atoms with Gasteiger partial charge in [0.2, 0.25) is 0 Å². The lowest BCUT2D eigenvalue weighted by molar-refractivity contribution is 0.476. The molecule has 4 fully saturated rings. The van der Waals surface area contributed by atoms with Crippen molar-refractivity contribution in [1.29, 1.82) is 0 Å². The van der Waals surface area contributed by atoms with Crippen LogP contribution in [0.5, 0.6) is 0 Å². The SMILES string of the molecule is C1=C(c2ccccc2P(c2ccccc2)c2ccccc2)[C@@H]2[C@H]3C[C@@H]4[C@@H]([C@@H]13)[C@H]42. The predicted molar refractivity (Wildman–Crippen MR) is 119 cm³/mol. The first-order valence-electron chi connectivity index (χ1n) is 10.6. The minimum atomic E-state index is -0.534. The van der Waals surface area contributed by atoms with E-state index >= 15 is 0 Å². The number of hydrogen-bond donors (Lipinski definition) is 0. The Hall–Kier alpha value is -2.17. The number of benzene rings is 3. The average molecular weight is 378 g/mol. The van der Waals surface area contributed by atoms with Gasteiger partial charge in [-0.2, -0.15) is 0 Å². The van der Waals surface area contributed by atoms with Crippen LogP contribution in [0.25, 0.3) is 5.57 Å². The molecule has 0 aromatic heterocycles. The van der Waals surface area contributed by atoms with Gasteiger partial charge in [0, 0.05) is 0 Å². The van der Waals surface area contributed by atoms with Crippen molar-refractivity contribution in [3.8, 4) is 0 Å². The van der Waals surface area contributed by atoms with Crippen LogP contribution in [0, 0.1) is 35.5 Å². The zero-order chi connectivity index (χ0) is 18.2. The van der Waals surface area contributed by atoms with Gasteiger partial charge in [-0.25, -0.2) is 0 Å². The van der Waals surface area contributed by atoms with Crippen LogP contribution in [0.3, 0.4) is 0 Å². The zero-order valence-corrected chi connectivity index (χ0v) is 16.7. The number of allylic oxidation sites excluding steroid dienone is 2. The summed E-state index contributed by atoms with van der Waals surface area (Å²) in [6.07, 6.45) is 4.21. The van der Waals surface area contributed by atoms with E-state index in [9.17, 15) is 0 Å². The van der Waals surface area contributed by atoms with Crippen LogP contribution in [-0.2, 0) is 0 Å². The first kappa shape index (κ1) is 15.7. The van der Waals surface area contributed by atoms with E-state index in [2.05, 4.69) is 91.0 Å². The molecule has 6 atom stereocenters. The maximum absolute atomic E-state index is 2.70. The summed E-state index contributed by atoms with van der Waals surface area (Å²) in [5.74, 6) is 5.92. The van der Waals surface area contributed by atoms with Gasteiger partial charge in [0.15, 0.2) is 0 Å². The highest BCUT2D eigenvalue weighted by atomic mass is 31.1. The van der Waals surface area contributed by atoms with Crippen molar-refractivity contribution >= 4 is 29.4 Å². The molecule has 0 spiro atoms. The fourth-order valence-electron chi connectivity index (χ4n) is 6.97. The smallest absolute Gasteiger partial charge is 0.00759 e. The molecule has 8 rings (SSSR count). The van der Waals surface area contributed by atoms with E-state index in [-0.39, 0.29) is 0 Å². The Balaban J connectivity index is 1.40. The van der Waals surface area contributed by atoms with E-state index in [0.717, 1.165) is 35.5 Å². The van der Waals surface area contributed by atoms with Crippen LogP contribution in [-0.4, -0.2) is 0 Å². The Morgan fingerprint density at radius 1 is 0.643 bits per heavy atom. The quantitative estimate of drug-likeness (QED) is 0.563. The molecule has 3 aromatic carbocycles. The molecule has 1 heteroatoms. The van der Waals surface area contributed by atoms with Crippen molar-refractivity contribution < 1.29 is 0 Å². The molecule has 0 amide bonds. The first-order valence-corrected chi connectivity index (χ1v) is 12.0. The molecular weight excluding hydrogens is 355 g/mol. The molecule has 5 aliphatic rings. The lowest BCUT2D eigenvalue weighted by Crippen LogP contribution is -2.24. The van der Waals surface area contributed by atoms with Crippen LogP contribution >= 0.6 is 7.92 Å². The summed E-state index contributed by atoms with van der Waals surface area (Å²) in [4.78, 5) is 0. The second-order valence-corrected chi connectivity index (χ2v) is 11.2. The van der Waals surface area contributed by atoms with Crippen LogP contribution in [0.15, 0.2) is 91.0 Å². The van der Waals surface area contributed by atoms with E-state index in [0.29, 0.717) is 0 Å². The Bertz CT molecular complexity index is 1040. The van der Waals surface area contributed by atoms with Gasteiger partial charge in [-0.1, -0.05) is 91.0 Å². The van der Waals surface area contributed by atoms with E-state index in [1.807, 2.05) is 0 Å². The summed E-state index contributed by atoms with van der Waals surface area (Å²) in [5, 5.41) is 4.45. The fraction of sp³-hybridized carbons (Fsp3) is 0.259. The lowest BCUT2D eigenvalue weighted by Gasteiger charge is -2.25. The lowest BCUT2D eigenvalue weighted by atomic mass is 9.90. The van der Waals surface area contributed by atoms with Crippen LogP contribution in [0.2, 0.25) is 0 Å². The van der Waals surface area contributed by atoms with E-state index in [1.165, 1.54) is 17.0 Å². The van der Waals surface area contributed by atoms with Crippen molar-refractivity contribution in [1.82, 2.24) is 0 Å². The van der Waals surface area contributed by atoms with Crippen molar-refractivity contribution in [2.45, 2.75) is 6.42 Å². The second-order valence-electron chi connectivity index (χ2n) is 8.97. The largest absolute Gasteiger partial charge is 0.0767 e. The molecule has 0 unspecified atom stereocenters. The van der Waals surface area contributed by atoms with Crippen molar-refractivity contribution in [3.63, 3.8) is 0 Å². The molecule has 6 bridgehead atoms. The first-order chi connectivity index (χ1) is 13.9. The predicted octanol–water partition coefficient (Wildman–Crippen LogP) is 4.97. The van der Waals surface area contributed by atoms with Gasteiger partial charge in [0.1, 0.15) is 0 Å². The molecule has 4 saturated carbocycles. The molecular formula is C27H23P. The van der Waals surface area contributed by atoms with Crippen molar-refractivity contribution in [3.05, 3.63) is 96.6 Å². The molecule has 136 valence electrons. The molecule has 0 aliphatic heterocycles.